The van der Waals surface area contributed by atoms with E-state index in [1.165, 1.54) is 12.8 Å². The lowest BCUT2D eigenvalue weighted by atomic mass is 10.0. The molecule has 1 aromatic rings. The second-order valence-corrected chi connectivity index (χ2v) is 5.30. The summed E-state index contributed by atoms with van der Waals surface area (Å²) < 4.78 is 0. The summed E-state index contributed by atoms with van der Waals surface area (Å²) in [5, 5.41) is 11.1. The van der Waals surface area contributed by atoms with Crippen molar-refractivity contribution in [2.75, 3.05) is 13.6 Å². The van der Waals surface area contributed by atoms with Gasteiger partial charge in [0.1, 0.15) is 0 Å². The molecule has 5 heteroatoms. The lowest BCUT2D eigenvalue weighted by Gasteiger charge is -2.32. The molecule has 0 saturated heterocycles. The van der Waals surface area contributed by atoms with E-state index in [1.807, 2.05) is 26.1 Å². The Labute approximate surface area is 113 Å². The predicted octanol–water partition coefficient (Wildman–Crippen LogP) is 2.32. The summed E-state index contributed by atoms with van der Waals surface area (Å²) in [5.41, 5.74) is 6.80. The standard InChI is InChI=1S/C14H21N3O2/c1-10(16(2)14(9-15)11-7-8-11)12-5-3-4-6-13(12)17(18)19/h3-6,10-11,14H,7-9,15H2,1-2H3. The number of nitro benzene ring substituents is 1. The molecule has 2 unspecified atom stereocenters. The molecule has 0 radical (unpaired) electrons. The SMILES string of the molecule is CC(c1ccccc1[N+](=O)[O-])N(C)C(CN)C1CC1. The van der Waals surface area contributed by atoms with E-state index in [9.17, 15) is 10.1 Å². The number of nitro groups is 1. The van der Waals surface area contributed by atoms with Crippen molar-refractivity contribution in [1.82, 2.24) is 4.90 Å². The fraction of sp³-hybridized carbons (Fsp3) is 0.571. The maximum Gasteiger partial charge on any atom is 0.274 e. The lowest BCUT2D eigenvalue weighted by molar-refractivity contribution is -0.386. The van der Waals surface area contributed by atoms with Crippen LogP contribution in [0.25, 0.3) is 0 Å². The van der Waals surface area contributed by atoms with Gasteiger partial charge in [0.25, 0.3) is 5.69 Å². The highest BCUT2D eigenvalue weighted by molar-refractivity contribution is 5.41. The normalized spacial score (nSPS) is 18.3. The van der Waals surface area contributed by atoms with Crippen molar-refractivity contribution >= 4 is 5.69 Å². The van der Waals surface area contributed by atoms with Crippen LogP contribution in [-0.2, 0) is 0 Å². The van der Waals surface area contributed by atoms with E-state index in [4.69, 9.17) is 5.73 Å². The average Bonchev–Trinajstić information content (AvgIpc) is 3.23. The number of rotatable bonds is 6. The van der Waals surface area contributed by atoms with Crippen LogP contribution in [0.3, 0.4) is 0 Å². The lowest BCUT2D eigenvalue weighted by Crippen LogP contribution is -2.41. The van der Waals surface area contributed by atoms with Crippen molar-refractivity contribution in [3.63, 3.8) is 0 Å². The first-order valence-corrected chi connectivity index (χ1v) is 6.71. The summed E-state index contributed by atoms with van der Waals surface area (Å²) >= 11 is 0. The predicted molar refractivity (Wildman–Crippen MR) is 74.8 cm³/mol. The molecule has 2 N–H and O–H groups in total. The van der Waals surface area contributed by atoms with Gasteiger partial charge in [0.2, 0.25) is 0 Å². The third-order valence-electron chi connectivity index (χ3n) is 4.13. The molecule has 2 rings (SSSR count). The van der Waals surface area contributed by atoms with Crippen LogP contribution in [0.2, 0.25) is 0 Å². The van der Waals surface area contributed by atoms with Gasteiger partial charge in [0, 0.05) is 30.3 Å². The van der Waals surface area contributed by atoms with E-state index in [1.54, 1.807) is 12.1 Å². The number of hydrogen-bond donors (Lipinski definition) is 1. The van der Waals surface area contributed by atoms with Gasteiger partial charge in [-0.05, 0) is 32.7 Å². The molecule has 0 aliphatic heterocycles. The summed E-state index contributed by atoms with van der Waals surface area (Å²) in [5.74, 6) is 0.653. The molecule has 0 spiro atoms. The van der Waals surface area contributed by atoms with Gasteiger partial charge in [0.05, 0.1) is 4.92 Å². The van der Waals surface area contributed by atoms with Crippen molar-refractivity contribution in [2.45, 2.75) is 31.8 Å². The van der Waals surface area contributed by atoms with Crippen LogP contribution < -0.4 is 5.73 Å². The van der Waals surface area contributed by atoms with Gasteiger partial charge in [-0.25, -0.2) is 0 Å². The summed E-state index contributed by atoms with van der Waals surface area (Å²) in [6.07, 6.45) is 2.44. The smallest absolute Gasteiger partial charge is 0.274 e. The zero-order valence-corrected chi connectivity index (χ0v) is 11.5. The maximum atomic E-state index is 11.1. The van der Waals surface area contributed by atoms with Gasteiger partial charge in [-0.1, -0.05) is 18.2 Å². The first kappa shape index (κ1) is 14.0. The van der Waals surface area contributed by atoms with E-state index in [0.29, 0.717) is 18.5 Å². The van der Waals surface area contributed by atoms with E-state index in [-0.39, 0.29) is 16.7 Å². The van der Waals surface area contributed by atoms with Crippen molar-refractivity contribution in [3.8, 4) is 0 Å². The fourth-order valence-electron chi connectivity index (χ4n) is 2.69. The number of nitrogens with two attached hydrogens (primary N) is 1. The molecular formula is C14H21N3O2. The molecule has 0 aromatic heterocycles. The molecular weight excluding hydrogens is 242 g/mol. The molecule has 5 nitrogen and oxygen atoms in total. The van der Waals surface area contributed by atoms with Crippen LogP contribution in [-0.4, -0.2) is 29.5 Å². The largest absolute Gasteiger partial charge is 0.329 e. The van der Waals surface area contributed by atoms with Crippen LogP contribution in [0, 0.1) is 16.0 Å². The molecule has 19 heavy (non-hydrogen) atoms. The van der Waals surface area contributed by atoms with Crippen molar-refractivity contribution in [3.05, 3.63) is 39.9 Å². The highest BCUT2D eigenvalue weighted by atomic mass is 16.6. The Bertz CT molecular complexity index is 460. The molecule has 1 aliphatic carbocycles. The Balaban J connectivity index is 2.22. The van der Waals surface area contributed by atoms with E-state index in [2.05, 4.69) is 4.90 Å². The highest BCUT2D eigenvalue weighted by Gasteiger charge is 2.35. The van der Waals surface area contributed by atoms with Gasteiger partial charge in [-0.15, -0.1) is 0 Å². The summed E-state index contributed by atoms with van der Waals surface area (Å²) in [4.78, 5) is 13.0. The molecule has 104 valence electrons. The second kappa shape index (κ2) is 5.67. The molecule has 1 saturated carbocycles. The van der Waals surface area contributed by atoms with E-state index in [0.717, 1.165) is 5.56 Å². The first-order chi connectivity index (χ1) is 9.06. The molecule has 0 bridgehead atoms. The van der Waals surface area contributed by atoms with Crippen LogP contribution >= 0.6 is 0 Å². The Morgan fingerprint density at radius 1 is 1.47 bits per heavy atom. The maximum absolute atomic E-state index is 11.1. The Kier molecular flexibility index (Phi) is 4.17. The van der Waals surface area contributed by atoms with Crippen LogP contribution in [0.15, 0.2) is 24.3 Å². The fourth-order valence-corrected chi connectivity index (χ4v) is 2.69. The van der Waals surface area contributed by atoms with Crippen LogP contribution in [0.4, 0.5) is 5.69 Å². The number of likely N-dealkylation sites (N-methyl/N-ethyl adjacent to an activating group) is 1. The monoisotopic (exact) mass is 263 g/mol. The molecule has 1 fully saturated rings. The van der Waals surface area contributed by atoms with E-state index >= 15 is 0 Å². The summed E-state index contributed by atoms with van der Waals surface area (Å²) in [6, 6.07) is 7.26. The zero-order chi connectivity index (χ0) is 14.0. The highest BCUT2D eigenvalue weighted by Crippen LogP contribution is 2.38. The van der Waals surface area contributed by atoms with E-state index < -0.39 is 0 Å². The molecule has 1 aliphatic rings. The Morgan fingerprint density at radius 2 is 2.11 bits per heavy atom. The van der Waals surface area contributed by atoms with Gasteiger partial charge in [-0.2, -0.15) is 0 Å². The molecule has 1 aromatic carbocycles. The Morgan fingerprint density at radius 3 is 2.63 bits per heavy atom. The third kappa shape index (κ3) is 2.93. The minimum atomic E-state index is -0.311. The molecule has 0 heterocycles. The third-order valence-corrected chi connectivity index (χ3v) is 4.13. The first-order valence-electron chi connectivity index (χ1n) is 6.71. The van der Waals surface area contributed by atoms with Gasteiger partial charge >= 0.3 is 0 Å². The zero-order valence-electron chi connectivity index (χ0n) is 11.5. The molecule has 2 atom stereocenters. The van der Waals surface area contributed by atoms with Crippen molar-refractivity contribution in [2.24, 2.45) is 11.7 Å². The number of nitrogens with zero attached hydrogens (tertiary/aromatic N) is 2. The summed E-state index contributed by atoms with van der Waals surface area (Å²) in [6.45, 7) is 2.61. The number of hydrogen-bond acceptors (Lipinski definition) is 4. The van der Waals surface area contributed by atoms with Crippen LogP contribution in [0.5, 0.6) is 0 Å². The van der Waals surface area contributed by atoms with Crippen molar-refractivity contribution < 1.29 is 4.92 Å². The molecule has 0 amide bonds. The van der Waals surface area contributed by atoms with Gasteiger partial charge in [-0.3, -0.25) is 15.0 Å². The van der Waals surface area contributed by atoms with Crippen molar-refractivity contribution in [1.29, 1.82) is 0 Å². The summed E-state index contributed by atoms with van der Waals surface area (Å²) in [7, 11) is 2.01. The second-order valence-electron chi connectivity index (χ2n) is 5.30. The Hall–Kier alpha value is -1.46. The van der Waals surface area contributed by atoms with Gasteiger partial charge in [0.15, 0.2) is 0 Å². The average molecular weight is 263 g/mol. The van der Waals surface area contributed by atoms with Gasteiger partial charge < -0.3 is 5.73 Å². The topological polar surface area (TPSA) is 72.4 Å². The quantitative estimate of drug-likeness (QED) is 0.631. The minimum absolute atomic E-state index is 0.00394. The number of para-hydroxylation sites is 1. The minimum Gasteiger partial charge on any atom is -0.329 e. The van der Waals surface area contributed by atoms with Crippen LogP contribution in [0.1, 0.15) is 31.4 Å². The number of benzene rings is 1.